The Morgan fingerprint density at radius 3 is 2.54 bits per heavy atom. The highest BCUT2D eigenvalue weighted by Crippen LogP contribution is 2.66. The molecule has 1 unspecified atom stereocenters. The van der Waals surface area contributed by atoms with E-state index in [2.05, 4.69) is 13.8 Å². The number of hydrogen-bond acceptors (Lipinski definition) is 2. The summed E-state index contributed by atoms with van der Waals surface area (Å²) >= 11 is 7.72. The van der Waals surface area contributed by atoms with E-state index in [4.69, 9.17) is 11.6 Å². The summed E-state index contributed by atoms with van der Waals surface area (Å²) < 4.78 is 0. The maximum absolute atomic E-state index is 9.44. The monoisotopic (exact) mass is 216 g/mol. The van der Waals surface area contributed by atoms with E-state index < -0.39 is 0 Å². The minimum atomic E-state index is -0.0573. The van der Waals surface area contributed by atoms with E-state index in [1.165, 1.54) is 0 Å². The zero-order chi connectivity index (χ0) is 9.69. The van der Waals surface area contributed by atoms with Crippen molar-refractivity contribution in [1.82, 2.24) is 0 Å². The number of aliphatic hydroxyl groups is 1. The Morgan fingerprint density at radius 1 is 1.62 bits per heavy atom. The molecule has 1 saturated carbocycles. The molecule has 1 fully saturated rings. The molecular weight excluding hydrogens is 204 g/mol. The lowest BCUT2D eigenvalue weighted by Gasteiger charge is -2.16. The Balaban J connectivity index is 2.41. The summed E-state index contributed by atoms with van der Waals surface area (Å²) in [6.45, 7) is 4.57. The quantitative estimate of drug-likeness (QED) is 0.806. The van der Waals surface area contributed by atoms with Crippen molar-refractivity contribution in [3.63, 3.8) is 0 Å². The fourth-order valence-electron chi connectivity index (χ4n) is 2.07. The van der Waals surface area contributed by atoms with Gasteiger partial charge in [-0.2, -0.15) is 0 Å². The van der Waals surface area contributed by atoms with Crippen LogP contribution in [0.25, 0.3) is 0 Å². The number of thiophene rings is 1. The zero-order valence-corrected chi connectivity index (χ0v) is 9.37. The minimum absolute atomic E-state index is 0.0573. The van der Waals surface area contributed by atoms with Gasteiger partial charge in [-0.1, -0.05) is 25.4 Å². The van der Waals surface area contributed by atoms with Crippen molar-refractivity contribution in [3.05, 3.63) is 21.3 Å². The normalized spacial score (nSPS) is 30.5. The highest BCUT2D eigenvalue weighted by Gasteiger charge is 2.63. The summed E-state index contributed by atoms with van der Waals surface area (Å²) in [6.07, 6.45) is 1.04. The second-order valence-electron chi connectivity index (χ2n) is 4.40. The number of halogens is 1. The first-order chi connectivity index (χ1) is 6.03. The Morgan fingerprint density at radius 2 is 2.23 bits per heavy atom. The van der Waals surface area contributed by atoms with Gasteiger partial charge in [-0.15, -0.1) is 11.3 Å². The van der Waals surface area contributed by atoms with Gasteiger partial charge in [-0.3, -0.25) is 0 Å². The molecule has 0 radical (unpaired) electrons. The molecule has 72 valence electrons. The Hall–Kier alpha value is -0.0500. The molecule has 0 spiro atoms. The fraction of sp³-hybridized carbons (Fsp3) is 0.600. The summed E-state index contributed by atoms with van der Waals surface area (Å²) in [7, 11) is 0. The van der Waals surface area contributed by atoms with Crippen LogP contribution in [0.15, 0.2) is 11.4 Å². The zero-order valence-electron chi connectivity index (χ0n) is 7.80. The standard InChI is InChI=1S/C10H13ClOS/c1-9(2)5-10(9,6-12)8-7(11)3-4-13-8/h3-4,12H,5-6H2,1-2H3. The molecule has 1 aromatic rings. The summed E-state index contributed by atoms with van der Waals surface area (Å²) in [5, 5.41) is 12.2. The topological polar surface area (TPSA) is 20.2 Å². The molecule has 1 nitrogen and oxygen atoms in total. The third-order valence-corrected chi connectivity index (χ3v) is 4.78. The third-order valence-electron chi connectivity index (χ3n) is 3.24. The van der Waals surface area contributed by atoms with Gasteiger partial charge in [0.15, 0.2) is 0 Å². The number of hydrogen-bond donors (Lipinski definition) is 1. The van der Waals surface area contributed by atoms with E-state index in [0.29, 0.717) is 0 Å². The Kier molecular flexibility index (Phi) is 1.99. The summed E-state index contributed by atoms with van der Waals surface area (Å²) in [5.41, 5.74) is 0.147. The second kappa shape index (κ2) is 2.72. The molecule has 3 heteroatoms. The fourth-order valence-corrected chi connectivity index (χ4v) is 3.69. The first-order valence-electron chi connectivity index (χ1n) is 4.38. The summed E-state index contributed by atoms with van der Waals surface area (Å²) in [6, 6.07) is 1.91. The van der Waals surface area contributed by atoms with Gasteiger partial charge in [0.2, 0.25) is 0 Å². The van der Waals surface area contributed by atoms with Crippen molar-refractivity contribution in [2.45, 2.75) is 25.7 Å². The van der Waals surface area contributed by atoms with Gasteiger partial charge < -0.3 is 5.11 Å². The molecule has 0 saturated heterocycles. The van der Waals surface area contributed by atoms with E-state index in [1.54, 1.807) is 11.3 Å². The Labute approximate surface area is 87.4 Å². The van der Waals surface area contributed by atoms with Crippen LogP contribution in [0.1, 0.15) is 25.1 Å². The minimum Gasteiger partial charge on any atom is -0.395 e. The molecule has 0 aromatic carbocycles. The molecule has 1 aliphatic rings. The van der Waals surface area contributed by atoms with Gasteiger partial charge >= 0.3 is 0 Å². The van der Waals surface area contributed by atoms with E-state index >= 15 is 0 Å². The largest absolute Gasteiger partial charge is 0.395 e. The molecule has 1 N–H and O–H groups in total. The van der Waals surface area contributed by atoms with Crippen LogP contribution in [0.5, 0.6) is 0 Å². The summed E-state index contributed by atoms with van der Waals surface area (Å²) in [4.78, 5) is 1.15. The lowest BCUT2D eigenvalue weighted by atomic mass is 9.95. The van der Waals surface area contributed by atoms with Gasteiger partial charge in [0.1, 0.15) is 0 Å². The van der Waals surface area contributed by atoms with Crippen LogP contribution in [0.4, 0.5) is 0 Å². The molecule has 13 heavy (non-hydrogen) atoms. The highest BCUT2D eigenvalue weighted by atomic mass is 35.5. The molecule has 1 aliphatic carbocycles. The molecule has 2 rings (SSSR count). The van der Waals surface area contributed by atoms with Crippen LogP contribution in [0, 0.1) is 5.41 Å². The van der Waals surface area contributed by atoms with Crippen LogP contribution in [0.3, 0.4) is 0 Å². The predicted molar refractivity (Wildman–Crippen MR) is 56.5 cm³/mol. The van der Waals surface area contributed by atoms with E-state index in [0.717, 1.165) is 16.3 Å². The van der Waals surface area contributed by atoms with Gasteiger partial charge in [-0.05, 0) is 23.3 Å². The second-order valence-corrected chi connectivity index (χ2v) is 5.72. The van der Waals surface area contributed by atoms with Crippen LogP contribution < -0.4 is 0 Å². The predicted octanol–water partition coefficient (Wildman–Crippen LogP) is 3.06. The highest BCUT2D eigenvalue weighted by molar-refractivity contribution is 7.10. The lowest BCUT2D eigenvalue weighted by molar-refractivity contribution is 0.233. The van der Waals surface area contributed by atoms with Crippen LogP contribution in [-0.4, -0.2) is 11.7 Å². The third kappa shape index (κ3) is 1.16. The molecule has 1 aromatic heterocycles. The van der Waals surface area contributed by atoms with Gasteiger partial charge in [-0.25, -0.2) is 0 Å². The maximum atomic E-state index is 9.44. The molecule has 0 bridgehead atoms. The van der Waals surface area contributed by atoms with Crippen molar-refractivity contribution in [3.8, 4) is 0 Å². The van der Waals surface area contributed by atoms with E-state index in [-0.39, 0.29) is 17.4 Å². The van der Waals surface area contributed by atoms with Crippen molar-refractivity contribution >= 4 is 22.9 Å². The van der Waals surface area contributed by atoms with Crippen molar-refractivity contribution in [2.24, 2.45) is 5.41 Å². The lowest BCUT2D eigenvalue weighted by Crippen LogP contribution is -2.18. The van der Waals surface area contributed by atoms with Gasteiger partial charge in [0, 0.05) is 10.3 Å². The molecule has 0 aliphatic heterocycles. The van der Waals surface area contributed by atoms with Gasteiger partial charge in [0.25, 0.3) is 0 Å². The first-order valence-corrected chi connectivity index (χ1v) is 5.64. The maximum Gasteiger partial charge on any atom is 0.0551 e. The average Bonchev–Trinajstić information content (AvgIpc) is 2.43. The van der Waals surface area contributed by atoms with Crippen LogP contribution in [0.2, 0.25) is 5.02 Å². The van der Waals surface area contributed by atoms with Crippen LogP contribution in [-0.2, 0) is 5.41 Å². The molecule has 1 atom stereocenters. The van der Waals surface area contributed by atoms with E-state index in [9.17, 15) is 5.11 Å². The van der Waals surface area contributed by atoms with Crippen molar-refractivity contribution in [2.75, 3.05) is 6.61 Å². The average molecular weight is 217 g/mol. The molecule has 0 amide bonds. The van der Waals surface area contributed by atoms with E-state index in [1.807, 2.05) is 11.4 Å². The van der Waals surface area contributed by atoms with Crippen molar-refractivity contribution < 1.29 is 5.11 Å². The molecule has 1 heterocycles. The van der Waals surface area contributed by atoms with Gasteiger partial charge in [0.05, 0.1) is 11.6 Å². The number of rotatable bonds is 2. The van der Waals surface area contributed by atoms with Crippen molar-refractivity contribution in [1.29, 1.82) is 0 Å². The summed E-state index contributed by atoms with van der Waals surface area (Å²) in [5.74, 6) is 0. The van der Waals surface area contributed by atoms with Crippen LogP contribution >= 0.6 is 22.9 Å². The smallest absolute Gasteiger partial charge is 0.0551 e. The SMILES string of the molecule is CC1(C)CC1(CO)c1sccc1Cl. The Bertz CT molecular complexity index is 331. The number of aliphatic hydroxyl groups excluding tert-OH is 1. The molecular formula is C10H13ClOS. The first kappa shape index (κ1) is 9.50.